The minimum absolute atomic E-state index is 0.0349. The summed E-state index contributed by atoms with van der Waals surface area (Å²) >= 11 is 0. The van der Waals surface area contributed by atoms with Gasteiger partial charge in [-0.3, -0.25) is 18.8 Å². The summed E-state index contributed by atoms with van der Waals surface area (Å²) in [5.74, 6) is -1.10. The topological polar surface area (TPSA) is 119 Å². The number of amides is 1. The largest absolute Gasteiger partial charge is 0.483 e. The van der Waals surface area contributed by atoms with Crippen molar-refractivity contribution in [2.45, 2.75) is 49.6 Å². The maximum atomic E-state index is 14.3. The number of hydrogen-bond acceptors (Lipinski definition) is 6. The van der Waals surface area contributed by atoms with Crippen molar-refractivity contribution in [3.05, 3.63) is 166 Å². The smallest absolute Gasteiger partial charge is 0.278 e. The molecule has 5 aromatic rings. The Hall–Kier alpha value is -5.06. The highest BCUT2D eigenvalue weighted by molar-refractivity contribution is 7.86. The van der Waals surface area contributed by atoms with Gasteiger partial charge in [-0.05, 0) is 41.5 Å². The first-order chi connectivity index (χ1) is 23.3. The lowest BCUT2D eigenvalue weighted by molar-refractivity contribution is 0.0718. The van der Waals surface area contributed by atoms with Gasteiger partial charge in [-0.15, -0.1) is 0 Å². The van der Waals surface area contributed by atoms with Crippen LogP contribution in [0.4, 0.5) is 0 Å². The van der Waals surface area contributed by atoms with Crippen LogP contribution in [0.15, 0.2) is 132 Å². The second-order valence-corrected chi connectivity index (χ2v) is 13.6. The minimum atomic E-state index is -4.64. The predicted molar refractivity (Wildman–Crippen MR) is 184 cm³/mol. The second kappa shape index (κ2) is 14.8. The Labute approximate surface area is 280 Å². The Morgan fingerprint density at radius 3 is 1.94 bits per heavy atom. The average molecular weight is 664 g/mol. The van der Waals surface area contributed by atoms with Crippen molar-refractivity contribution >= 4 is 16.0 Å². The van der Waals surface area contributed by atoms with E-state index in [4.69, 9.17) is 4.74 Å². The molecule has 1 unspecified atom stereocenters. The van der Waals surface area contributed by atoms with Crippen molar-refractivity contribution in [3.8, 4) is 5.75 Å². The van der Waals surface area contributed by atoms with Gasteiger partial charge in [0, 0.05) is 12.5 Å². The maximum Gasteiger partial charge on any atom is 0.278 e. The monoisotopic (exact) mass is 663 g/mol. The zero-order chi connectivity index (χ0) is 33.5. The van der Waals surface area contributed by atoms with E-state index in [-0.39, 0.29) is 43.5 Å². The van der Waals surface area contributed by atoms with Crippen molar-refractivity contribution in [1.82, 2.24) is 14.7 Å². The van der Waals surface area contributed by atoms with E-state index < -0.39 is 32.7 Å². The molecule has 1 amide bonds. The normalized spacial score (nSPS) is 15.4. The minimum Gasteiger partial charge on any atom is -0.483 e. The first-order valence-corrected chi connectivity index (χ1v) is 17.5. The van der Waals surface area contributed by atoms with Gasteiger partial charge in [0.25, 0.3) is 21.5 Å². The third-order valence-electron chi connectivity index (χ3n) is 8.80. The SMILES string of the molecule is O=C(c1nn(Cc2ccccc2)cc(OCc2ccccc2)c1=O)N1CCCC1[C@@H](CC(c1ccccc1)c1ccccc1)S(=O)(=O)O. The Morgan fingerprint density at radius 2 is 1.38 bits per heavy atom. The number of rotatable bonds is 12. The van der Waals surface area contributed by atoms with Gasteiger partial charge < -0.3 is 9.64 Å². The first-order valence-electron chi connectivity index (χ1n) is 16.0. The van der Waals surface area contributed by atoms with Gasteiger partial charge in [0.1, 0.15) is 11.9 Å². The van der Waals surface area contributed by atoms with Crippen LogP contribution in [0.25, 0.3) is 0 Å². The van der Waals surface area contributed by atoms with E-state index in [2.05, 4.69) is 5.10 Å². The van der Waals surface area contributed by atoms with E-state index in [1.807, 2.05) is 121 Å². The standard InChI is InChI=1S/C38H37N3O6S/c42-37-34(47-27-29-16-7-2-8-17-29)26-40(25-28-14-5-1-6-15-28)39-36(37)38(43)41-23-13-22-33(41)35(48(44,45)46)24-32(30-18-9-3-10-19-30)31-20-11-4-12-21-31/h1-12,14-21,26,32-33,35H,13,22-25,27H2,(H,44,45,46)/t33?,35-/m1/s1. The van der Waals surface area contributed by atoms with E-state index in [1.165, 1.54) is 15.8 Å². The Kier molecular flexibility index (Phi) is 10.1. The zero-order valence-electron chi connectivity index (χ0n) is 26.3. The maximum absolute atomic E-state index is 14.3. The fourth-order valence-electron chi connectivity index (χ4n) is 6.45. The highest BCUT2D eigenvalue weighted by atomic mass is 32.2. The number of aromatic nitrogens is 2. The molecule has 2 heterocycles. The van der Waals surface area contributed by atoms with Gasteiger partial charge >= 0.3 is 0 Å². The molecule has 48 heavy (non-hydrogen) atoms. The first kappa shape index (κ1) is 32.9. The Balaban J connectivity index is 1.35. The molecule has 1 saturated heterocycles. The highest BCUT2D eigenvalue weighted by Gasteiger charge is 2.43. The summed E-state index contributed by atoms with van der Waals surface area (Å²) < 4.78 is 44.4. The molecule has 0 spiro atoms. The van der Waals surface area contributed by atoms with E-state index in [1.54, 1.807) is 0 Å². The molecule has 1 N–H and O–H groups in total. The molecule has 0 radical (unpaired) electrons. The molecular formula is C38H37N3O6S. The molecule has 246 valence electrons. The molecule has 0 aliphatic carbocycles. The van der Waals surface area contributed by atoms with Crippen molar-refractivity contribution in [1.29, 1.82) is 0 Å². The summed E-state index contributed by atoms with van der Waals surface area (Å²) in [5.41, 5.74) is 2.49. The number of likely N-dealkylation sites (tertiary alicyclic amines) is 1. The number of ether oxygens (including phenoxy) is 1. The van der Waals surface area contributed by atoms with Crippen molar-refractivity contribution in [2.24, 2.45) is 0 Å². The summed E-state index contributed by atoms with van der Waals surface area (Å²) in [7, 11) is -4.64. The number of nitrogens with zero attached hydrogens (tertiary/aromatic N) is 3. The fraction of sp³-hybridized carbons (Fsp3) is 0.237. The van der Waals surface area contributed by atoms with Gasteiger partial charge in [-0.1, -0.05) is 121 Å². The van der Waals surface area contributed by atoms with Crippen LogP contribution in [0.1, 0.15) is 57.9 Å². The quantitative estimate of drug-likeness (QED) is 0.164. The summed E-state index contributed by atoms with van der Waals surface area (Å²) in [6, 6.07) is 37.0. The molecule has 0 saturated carbocycles. The molecular weight excluding hydrogens is 627 g/mol. The van der Waals surface area contributed by atoms with Crippen LogP contribution in [0, 0.1) is 0 Å². The summed E-state index contributed by atoms with van der Waals surface area (Å²) in [6.45, 7) is 0.596. The lowest BCUT2D eigenvalue weighted by Crippen LogP contribution is -2.48. The van der Waals surface area contributed by atoms with E-state index in [0.717, 1.165) is 22.3 Å². The zero-order valence-corrected chi connectivity index (χ0v) is 27.2. The summed E-state index contributed by atoms with van der Waals surface area (Å²) in [4.78, 5) is 29.5. The molecule has 1 aliphatic rings. The molecule has 1 aromatic heterocycles. The van der Waals surface area contributed by atoms with Crippen molar-refractivity contribution in [3.63, 3.8) is 0 Å². The van der Waals surface area contributed by atoms with E-state index in [9.17, 15) is 22.6 Å². The Morgan fingerprint density at radius 1 is 0.833 bits per heavy atom. The van der Waals surface area contributed by atoms with Gasteiger partial charge in [-0.25, -0.2) is 0 Å². The number of carbonyl (C=O) groups is 1. The molecule has 1 fully saturated rings. The van der Waals surface area contributed by atoms with E-state index in [0.29, 0.717) is 12.8 Å². The van der Waals surface area contributed by atoms with Crippen LogP contribution in [0.5, 0.6) is 5.75 Å². The van der Waals surface area contributed by atoms with Gasteiger partial charge in [-0.2, -0.15) is 13.5 Å². The van der Waals surface area contributed by atoms with Crippen LogP contribution in [-0.4, -0.2) is 51.4 Å². The third kappa shape index (κ3) is 7.73. The highest BCUT2D eigenvalue weighted by Crippen LogP contribution is 2.36. The van der Waals surface area contributed by atoms with Crippen LogP contribution >= 0.6 is 0 Å². The van der Waals surface area contributed by atoms with Crippen LogP contribution in [0.2, 0.25) is 0 Å². The van der Waals surface area contributed by atoms with Crippen molar-refractivity contribution in [2.75, 3.05) is 6.54 Å². The number of hydrogen-bond donors (Lipinski definition) is 1. The van der Waals surface area contributed by atoms with Gasteiger partial charge in [0.15, 0.2) is 11.4 Å². The predicted octanol–water partition coefficient (Wildman–Crippen LogP) is 5.95. The van der Waals surface area contributed by atoms with Gasteiger partial charge in [0.05, 0.1) is 18.8 Å². The van der Waals surface area contributed by atoms with Crippen LogP contribution in [0.3, 0.4) is 0 Å². The third-order valence-corrected chi connectivity index (χ3v) is 10.1. The fourth-order valence-corrected chi connectivity index (χ4v) is 7.57. The molecule has 9 nitrogen and oxygen atoms in total. The summed E-state index contributed by atoms with van der Waals surface area (Å²) in [6.07, 6.45) is 2.37. The summed E-state index contributed by atoms with van der Waals surface area (Å²) in [5, 5.41) is 3.15. The average Bonchev–Trinajstić information content (AvgIpc) is 3.59. The second-order valence-electron chi connectivity index (χ2n) is 12.0. The lowest BCUT2D eigenvalue weighted by atomic mass is 9.86. The lowest BCUT2D eigenvalue weighted by Gasteiger charge is -2.32. The Bertz CT molecular complexity index is 1950. The molecule has 0 bridgehead atoms. The molecule has 1 aliphatic heterocycles. The van der Waals surface area contributed by atoms with Crippen LogP contribution in [-0.2, 0) is 23.3 Å². The number of benzene rings is 4. The molecule has 2 atom stereocenters. The number of carbonyl (C=O) groups excluding carboxylic acids is 1. The molecule has 6 rings (SSSR count). The molecule has 10 heteroatoms. The van der Waals surface area contributed by atoms with Crippen LogP contribution < -0.4 is 10.2 Å². The van der Waals surface area contributed by atoms with Crippen molar-refractivity contribution < 1.29 is 22.5 Å². The molecule has 4 aromatic carbocycles. The van der Waals surface area contributed by atoms with Gasteiger partial charge in [0.2, 0.25) is 0 Å². The van der Waals surface area contributed by atoms with E-state index >= 15 is 0 Å².